The molecule has 3 aromatic rings. The van der Waals surface area contributed by atoms with E-state index >= 15 is 0 Å². The number of aryl methyl sites for hydroxylation is 1. The first-order valence-corrected chi connectivity index (χ1v) is 10.6. The SMILES string of the molecule is Cc1cccc(C=N)c1.Nc1cc(N2CCOCC2)cc(OCCOc2ccc(F)cn2)n1. The molecule has 2 aromatic heterocycles. The Bertz CT molecular complexity index is 1030. The van der Waals surface area contributed by atoms with Gasteiger partial charge in [-0.15, -0.1) is 0 Å². The molecule has 1 aliphatic heterocycles. The molecule has 0 bridgehead atoms. The fraction of sp³-hybridized carbons (Fsp3) is 0.292. The molecule has 0 amide bonds. The summed E-state index contributed by atoms with van der Waals surface area (Å²) in [6.45, 7) is 5.56. The van der Waals surface area contributed by atoms with Crippen molar-refractivity contribution in [1.29, 1.82) is 5.41 Å². The fourth-order valence-corrected chi connectivity index (χ4v) is 3.09. The number of nitrogen functional groups attached to an aromatic ring is 1. The van der Waals surface area contributed by atoms with Crippen LogP contribution in [0.5, 0.6) is 11.8 Å². The van der Waals surface area contributed by atoms with E-state index in [2.05, 4.69) is 14.9 Å². The Morgan fingerprint density at radius 1 is 1.09 bits per heavy atom. The second-order valence-electron chi connectivity index (χ2n) is 7.26. The number of morpholine rings is 1. The number of aromatic nitrogens is 2. The number of nitrogens with one attached hydrogen (secondary N) is 1. The van der Waals surface area contributed by atoms with E-state index in [4.69, 9.17) is 25.4 Å². The smallest absolute Gasteiger partial charge is 0.217 e. The third-order valence-corrected chi connectivity index (χ3v) is 4.67. The predicted molar refractivity (Wildman–Crippen MR) is 126 cm³/mol. The molecular weight excluding hydrogens is 425 g/mol. The number of pyridine rings is 2. The van der Waals surface area contributed by atoms with Crippen LogP contribution in [-0.2, 0) is 4.74 Å². The van der Waals surface area contributed by atoms with Crippen molar-refractivity contribution in [3.8, 4) is 11.8 Å². The van der Waals surface area contributed by atoms with Crippen molar-refractivity contribution in [1.82, 2.24) is 9.97 Å². The number of nitrogens with two attached hydrogens (primary N) is 1. The van der Waals surface area contributed by atoms with Crippen molar-refractivity contribution in [3.05, 3.63) is 71.7 Å². The fourth-order valence-electron chi connectivity index (χ4n) is 3.09. The van der Waals surface area contributed by atoms with Crippen LogP contribution in [-0.4, -0.2) is 55.7 Å². The van der Waals surface area contributed by atoms with Crippen LogP contribution in [0.2, 0.25) is 0 Å². The summed E-state index contributed by atoms with van der Waals surface area (Å²) in [5, 5.41) is 6.92. The molecule has 3 heterocycles. The summed E-state index contributed by atoms with van der Waals surface area (Å²) < 4.78 is 29.1. The molecule has 1 aromatic carbocycles. The second kappa shape index (κ2) is 12.4. The van der Waals surface area contributed by atoms with Crippen LogP contribution in [0.4, 0.5) is 15.9 Å². The van der Waals surface area contributed by atoms with Gasteiger partial charge in [-0.3, -0.25) is 0 Å². The molecular formula is C24H28FN5O3. The van der Waals surface area contributed by atoms with E-state index in [0.717, 1.165) is 30.5 Å². The van der Waals surface area contributed by atoms with E-state index in [-0.39, 0.29) is 13.2 Å². The average Bonchev–Trinajstić information content (AvgIpc) is 2.83. The maximum Gasteiger partial charge on any atom is 0.217 e. The minimum Gasteiger partial charge on any atom is -0.474 e. The lowest BCUT2D eigenvalue weighted by molar-refractivity contribution is 0.122. The Kier molecular flexibility index (Phi) is 8.96. The van der Waals surface area contributed by atoms with Crippen LogP contribution in [0.15, 0.2) is 54.7 Å². The van der Waals surface area contributed by atoms with Crippen LogP contribution in [0, 0.1) is 18.2 Å². The molecule has 0 radical (unpaired) electrons. The van der Waals surface area contributed by atoms with Crippen molar-refractivity contribution in [3.63, 3.8) is 0 Å². The first-order valence-electron chi connectivity index (χ1n) is 10.6. The molecule has 1 saturated heterocycles. The maximum absolute atomic E-state index is 12.8. The Hall–Kier alpha value is -3.72. The van der Waals surface area contributed by atoms with E-state index in [0.29, 0.717) is 30.8 Å². The number of ether oxygens (including phenoxy) is 3. The summed E-state index contributed by atoms with van der Waals surface area (Å²) in [7, 11) is 0. The number of rotatable bonds is 7. The van der Waals surface area contributed by atoms with E-state index < -0.39 is 5.82 Å². The van der Waals surface area contributed by atoms with Gasteiger partial charge in [0.2, 0.25) is 11.8 Å². The maximum atomic E-state index is 12.8. The number of halogens is 1. The third-order valence-electron chi connectivity index (χ3n) is 4.67. The van der Waals surface area contributed by atoms with Crippen LogP contribution in [0.3, 0.4) is 0 Å². The number of hydrogen-bond acceptors (Lipinski definition) is 8. The number of nitrogens with zero attached hydrogens (tertiary/aromatic N) is 3. The monoisotopic (exact) mass is 453 g/mol. The van der Waals surface area contributed by atoms with Crippen molar-refractivity contribution in [2.75, 3.05) is 50.2 Å². The third kappa shape index (κ3) is 8.04. The molecule has 0 atom stereocenters. The zero-order valence-electron chi connectivity index (χ0n) is 18.5. The molecule has 33 heavy (non-hydrogen) atoms. The van der Waals surface area contributed by atoms with Gasteiger partial charge in [0.1, 0.15) is 24.8 Å². The lowest BCUT2D eigenvalue weighted by Gasteiger charge is -2.29. The Balaban J connectivity index is 0.000000286. The quantitative estimate of drug-likeness (QED) is 0.417. The Morgan fingerprint density at radius 2 is 1.85 bits per heavy atom. The normalized spacial score (nSPS) is 13.0. The van der Waals surface area contributed by atoms with E-state index in [1.54, 1.807) is 0 Å². The number of hydrogen-bond donors (Lipinski definition) is 2. The minimum absolute atomic E-state index is 0.266. The first-order chi connectivity index (χ1) is 16.0. The molecule has 0 aliphatic carbocycles. The molecule has 3 N–H and O–H groups in total. The van der Waals surface area contributed by atoms with Gasteiger partial charge in [0.15, 0.2) is 0 Å². The molecule has 1 aliphatic rings. The van der Waals surface area contributed by atoms with Gasteiger partial charge in [-0.05, 0) is 18.6 Å². The van der Waals surface area contributed by atoms with Crippen LogP contribution in [0.25, 0.3) is 0 Å². The van der Waals surface area contributed by atoms with Crippen molar-refractivity contribution in [2.24, 2.45) is 0 Å². The van der Waals surface area contributed by atoms with E-state index in [1.807, 2.05) is 43.3 Å². The summed E-state index contributed by atoms with van der Waals surface area (Å²) >= 11 is 0. The average molecular weight is 454 g/mol. The van der Waals surface area contributed by atoms with Gasteiger partial charge < -0.3 is 30.3 Å². The van der Waals surface area contributed by atoms with Crippen LogP contribution >= 0.6 is 0 Å². The van der Waals surface area contributed by atoms with Gasteiger partial charge in [-0.25, -0.2) is 9.37 Å². The molecule has 4 rings (SSSR count). The molecule has 0 unspecified atom stereocenters. The van der Waals surface area contributed by atoms with Gasteiger partial charge in [-0.2, -0.15) is 4.98 Å². The van der Waals surface area contributed by atoms with Gasteiger partial charge in [0.05, 0.1) is 19.4 Å². The largest absolute Gasteiger partial charge is 0.474 e. The molecule has 9 heteroatoms. The van der Waals surface area contributed by atoms with Gasteiger partial charge in [0.25, 0.3) is 0 Å². The van der Waals surface area contributed by atoms with Gasteiger partial charge in [0, 0.05) is 43.2 Å². The van der Waals surface area contributed by atoms with Crippen molar-refractivity contribution >= 4 is 17.7 Å². The summed E-state index contributed by atoms with van der Waals surface area (Å²) in [6, 6.07) is 14.3. The molecule has 0 spiro atoms. The standard InChI is InChI=1S/C16H19FN4O3.C8H9N/c17-12-1-2-15(19-11-12)23-7-8-24-16-10-13(9-14(18)20-16)21-3-5-22-6-4-21;1-7-3-2-4-8(5-7)6-9/h1-2,9-11H,3-8H2,(H2,18,20);2-6,9H,1H3. The highest BCUT2D eigenvalue weighted by molar-refractivity contribution is 5.76. The molecule has 1 fully saturated rings. The molecule has 8 nitrogen and oxygen atoms in total. The lowest BCUT2D eigenvalue weighted by Crippen LogP contribution is -2.36. The van der Waals surface area contributed by atoms with Crippen LogP contribution < -0.4 is 20.1 Å². The first kappa shape index (κ1) is 23.9. The van der Waals surface area contributed by atoms with Gasteiger partial charge in [-0.1, -0.05) is 29.8 Å². The highest BCUT2D eigenvalue weighted by Crippen LogP contribution is 2.23. The molecule has 174 valence electrons. The second-order valence-corrected chi connectivity index (χ2v) is 7.26. The summed E-state index contributed by atoms with van der Waals surface area (Å²) in [6.07, 6.45) is 2.46. The summed E-state index contributed by atoms with van der Waals surface area (Å²) in [5.41, 5.74) is 8.98. The minimum atomic E-state index is -0.404. The van der Waals surface area contributed by atoms with Crippen molar-refractivity contribution < 1.29 is 18.6 Å². The van der Waals surface area contributed by atoms with E-state index in [1.165, 1.54) is 23.9 Å². The van der Waals surface area contributed by atoms with Crippen LogP contribution in [0.1, 0.15) is 11.1 Å². The topological polar surface area (TPSA) is 107 Å². The lowest BCUT2D eigenvalue weighted by atomic mass is 10.2. The van der Waals surface area contributed by atoms with E-state index in [9.17, 15) is 4.39 Å². The predicted octanol–water partition coefficient (Wildman–Crippen LogP) is 3.48. The zero-order valence-corrected chi connectivity index (χ0v) is 18.5. The highest BCUT2D eigenvalue weighted by atomic mass is 19.1. The summed E-state index contributed by atoms with van der Waals surface area (Å²) in [5.74, 6) is 0.773. The number of benzene rings is 1. The summed E-state index contributed by atoms with van der Waals surface area (Å²) in [4.78, 5) is 10.1. The zero-order chi connectivity index (χ0) is 23.5. The Labute approximate surface area is 192 Å². The van der Waals surface area contributed by atoms with Crippen molar-refractivity contribution in [2.45, 2.75) is 6.92 Å². The molecule has 0 saturated carbocycles. The highest BCUT2D eigenvalue weighted by Gasteiger charge is 2.13. The number of anilines is 2. The Morgan fingerprint density at radius 3 is 2.48 bits per heavy atom. The van der Waals surface area contributed by atoms with Gasteiger partial charge >= 0.3 is 0 Å².